The zero-order valence-corrected chi connectivity index (χ0v) is 18.1. The lowest BCUT2D eigenvalue weighted by Gasteiger charge is -2.23. The number of nitrogens with zero attached hydrogens (tertiary/aromatic N) is 3. The molecule has 24 heavy (non-hydrogen) atoms. The van der Waals surface area contributed by atoms with Gasteiger partial charge < -0.3 is 15.1 Å². The summed E-state index contributed by atoms with van der Waals surface area (Å²) in [5.41, 5.74) is 3.01. The summed E-state index contributed by atoms with van der Waals surface area (Å²) in [6, 6.07) is 8.75. The van der Waals surface area contributed by atoms with Crippen LogP contribution in [0.15, 0.2) is 29.3 Å². The van der Waals surface area contributed by atoms with Crippen LogP contribution < -0.4 is 5.32 Å². The van der Waals surface area contributed by atoms with E-state index < -0.39 is 0 Å². The van der Waals surface area contributed by atoms with Crippen LogP contribution in [0.3, 0.4) is 0 Å². The van der Waals surface area contributed by atoms with Crippen molar-refractivity contribution in [2.45, 2.75) is 40.3 Å². The molecule has 1 saturated heterocycles. The van der Waals surface area contributed by atoms with Gasteiger partial charge in [0.1, 0.15) is 0 Å². The van der Waals surface area contributed by atoms with E-state index >= 15 is 0 Å². The monoisotopic (exact) mass is 444 g/mol. The third kappa shape index (κ3) is 6.59. The number of rotatable bonds is 5. The summed E-state index contributed by atoms with van der Waals surface area (Å²) in [5, 5.41) is 3.45. The summed E-state index contributed by atoms with van der Waals surface area (Å²) in [7, 11) is 4.20. The Bertz CT molecular complexity index is 540. The van der Waals surface area contributed by atoms with Gasteiger partial charge in [0.05, 0.1) is 6.54 Å². The van der Waals surface area contributed by atoms with Crippen molar-refractivity contribution in [3.8, 4) is 0 Å². The molecule has 0 aliphatic carbocycles. The van der Waals surface area contributed by atoms with Gasteiger partial charge in [-0.2, -0.15) is 0 Å². The highest BCUT2D eigenvalue weighted by molar-refractivity contribution is 14.0. The fraction of sp³-hybridized carbons (Fsp3) is 0.632. The molecular weight excluding hydrogens is 411 g/mol. The first-order valence-electron chi connectivity index (χ1n) is 8.65. The molecule has 0 radical (unpaired) electrons. The smallest absolute Gasteiger partial charge is 0.194 e. The van der Waals surface area contributed by atoms with Crippen molar-refractivity contribution in [1.82, 2.24) is 15.1 Å². The molecule has 0 aromatic heterocycles. The maximum absolute atomic E-state index is 4.87. The molecule has 0 saturated carbocycles. The van der Waals surface area contributed by atoms with E-state index in [1.54, 1.807) is 0 Å². The fourth-order valence-electron chi connectivity index (χ4n) is 3.08. The van der Waals surface area contributed by atoms with Crippen LogP contribution in [0.1, 0.15) is 38.3 Å². The second-order valence-corrected chi connectivity index (χ2v) is 7.56. The maximum atomic E-state index is 4.87. The molecule has 1 fully saturated rings. The van der Waals surface area contributed by atoms with Crippen molar-refractivity contribution in [3.05, 3.63) is 35.4 Å². The van der Waals surface area contributed by atoms with Gasteiger partial charge in [-0.05, 0) is 44.0 Å². The van der Waals surface area contributed by atoms with Gasteiger partial charge >= 0.3 is 0 Å². The molecule has 1 aliphatic heterocycles. The van der Waals surface area contributed by atoms with Gasteiger partial charge in [-0.3, -0.25) is 0 Å². The Labute approximate surface area is 164 Å². The average Bonchev–Trinajstić information content (AvgIpc) is 2.83. The van der Waals surface area contributed by atoms with Crippen molar-refractivity contribution < 1.29 is 0 Å². The number of hydrogen-bond acceptors (Lipinski definition) is 2. The van der Waals surface area contributed by atoms with Crippen LogP contribution in [0.5, 0.6) is 0 Å². The highest BCUT2D eigenvalue weighted by Gasteiger charge is 2.30. The minimum absolute atomic E-state index is 0. The van der Waals surface area contributed by atoms with E-state index in [-0.39, 0.29) is 24.0 Å². The Balaban J connectivity index is 0.00000288. The maximum Gasteiger partial charge on any atom is 0.194 e. The molecule has 1 heterocycles. The zero-order chi connectivity index (χ0) is 16.9. The molecule has 1 N–H and O–H groups in total. The Kier molecular flexibility index (Phi) is 8.50. The number of likely N-dealkylation sites (tertiary alicyclic amines) is 1. The molecule has 4 nitrogen and oxygen atoms in total. The summed E-state index contributed by atoms with van der Waals surface area (Å²) in [5.74, 6) is 1.05. The van der Waals surface area contributed by atoms with E-state index in [0.717, 1.165) is 38.7 Å². The van der Waals surface area contributed by atoms with Gasteiger partial charge in [0.2, 0.25) is 0 Å². The molecule has 0 spiro atoms. The largest absolute Gasteiger partial charge is 0.357 e. The van der Waals surface area contributed by atoms with E-state index in [9.17, 15) is 0 Å². The first-order valence-corrected chi connectivity index (χ1v) is 8.65. The molecule has 0 atom stereocenters. The summed E-state index contributed by atoms with van der Waals surface area (Å²) >= 11 is 0. The molecule has 0 amide bonds. The Morgan fingerprint density at radius 2 is 2.00 bits per heavy atom. The number of benzene rings is 1. The lowest BCUT2D eigenvalue weighted by molar-refractivity contribution is 0.370. The van der Waals surface area contributed by atoms with Crippen LogP contribution in [-0.4, -0.2) is 49.5 Å². The highest BCUT2D eigenvalue weighted by Crippen LogP contribution is 2.28. The second kappa shape index (κ2) is 9.61. The Morgan fingerprint density at radius 3 is 2.58 bits per heavy atom. The van der Waals surface area contributed by atoms with E-state index in [1.165, 1.54) is 17.5 Å². The van der Waals surface area contributed by atoms with Crippen molar-refractivity contribution >= 4 is 29.9 Å². The number of halogens is 1. The minimum Gasteiger partial charge on any atom is -0.357 e. The van der Waals surface area contributed by atoms with Gasteiger partial charge in [-0.25, -0.2) is 4.99 Å². The van der Waals surface area contributed by atoms with E-state index in [2.05, 4.69) is 74.2 Å². The molecule has 0 unspecified atom stereocenters. The molecular formula is C19H33IN4. The van der Waals surface area contributed by atoms with E-state index in [1.807, 2.05) is 0 Å². The van der Waals surface area contributed by atoms with Crippen LogP contribution in [0.4, 0.5) is 0 Å². The molecule has 1 aromatic rings. The Morgan fingerprint density at radius 1 is 1.29 bits per heavy atom. The minimum atomic E-state index is 0. The van der Waals surface area contributed by atoms with Crippen LogP contribution in [0, 0.1) is 5.41 Å². The van der Waals surface area contributed by atoms with Crippen LogP contribution in [0.2, 0.25) is 0 Å². The summed E-state index contributed by atoms with van der Waals surface area (Å²) in [6.45, 7) is 11.6. The highest BCUT2D eigenvalue weighted by atomic mass is 127. The molecule has 0 bridgehead atoms. The molecule has 1 aromatic carbocycles. The normalized spacial score (nSPS) is 17.1. The van der Waals surface area contributed by atoms with E-state index in [0.29, 0.717) is 5.41 Å². The molecule has 136 valence electrons. The number of guanidine groups is 1. The summed E-state index contributed by atoms with van der Waals surface area (Å²) in [6.07, 6.45) is 1.23. The van der Waals surface area contributed by atoms with Crippen molar-refractivity contribution in [3.63, 3.8) is 0 Å². The standard InChI is InChI=1S/C19H32N4.HI/c1-6-20-18(23-11-10-19(2,3)15-23)21-13-16-8-7-9-17(12-16)14-22(4)5;/h7-9,12H,6,10-11,13-15H2,1-5H3,(H,20,21);1H. The van der Waals surface area contributed by atoms with Crippen molar-refractivity contribution in [2.24, 2.45) is 10.4 Å². The van der Waals surface area contributed by atoms with Crippen LogP contribution in [-0.2, 0) is 13.1 Å². The van der Waals surface area contributed by atoms with Crippen LogP contribution >= 0.6 is 24.0 Å². The predicted molar refractivity (Wildman–Crippen MR) is 114 cm³/mol. The molecule has 1 aliphatic rings. The van der Waals surface area contributed by atoms with Gasteiger partial charge in [-0.15, -0.1) is 24.0 Å². The molecule has 5 heteroatoms. The third-order valence-corrected chi connectivity index (χ3v) is 4.21. The average molecular weight is 444 g/mol. The first-order chi connectivity index (χ1) is 10.9. The summed E-state index contributed by atoms with van der Waals surface area (Å²) < 4.78 is 0. The molecule has 2 rings (SSSR count). The second-order valence-electron chi connectivity index (χ2n) is 7.56. The van der Waals surface area contributed by atoms with Gasteiger partial charge in [0.25, 0.3) is 0 Å². The zero-order valence-electron chi connectivity index (χ0n) is 15.8. The topological polar surface area (TPSA) is 30.9 Å². The lowest BCUT2D eigenvalue weighted by Crippen LogP contribution is -2.40. The van der Waals surface area contributed by atoms with Crippen molar-refractivity contribution in [2.75, 3.05) is 33.7 Å². The first kappa shape index (κ1) is 21.2. The predicted octanol–water partition coefficient (Wildman–Crippen LogP) is 3.56. The third-order valence-electron chi connectivity index (χ3n) is 4.21. The van der Waals surface area contributed by atoms with Gasteiger partial charge in [0, 0.05) is 26.2 Å². The van der Waals surface area contributed by atoms with Crippen molar-refractivity contribution in [1.29, 1.82) is 0 Å². The number of nitrogens with one attached hydrogen (secondary N) is 1. The number of hydrogen-bond donors (Lipinski definition) is 1. The SMILES string of the molecule is CCNC(=NCc1cccc(CN(C)C)c1)N1CCC(C)(C)C1.I. The lowest BCUT2D eigenvalue weighted by atomic mass is 9.93. The van der Waals surface area contributed by atoms with Gasteiger partial charge in [0.15, 0.2) is 5.96 Å². The number of aliphatic imine (C=N–C) groups is 1. The van der Waals surface area contributed by atoms with Gasteiger partial charge in [-0.1, -0.05) is 38.1 Å². The quantitative estimate of drug-likeness (QED) is 0.428. The van der Waals surface area contributed by atoms with E-state index in [4.69, 9.17) is 4.99 Å². The Hall–Kier alpha value is -0.820. The fourth-order valence-corrected chi connectivity index (χ4v) is 3.08. The van der Waals surface area contributed by atoms with Crippen LogP contribution in [0.25, 0.3) is 0 Å². The summed E-state index contributed by atoms with van der Waals surface area (Å²) in [4.78, 5) is 9.46.